The zero-order valence-corrected chi connectivity index (χ0v) is 15.1. The van der Waals surface area contributed by atoms with Crippen LogP contribution in [0.3, 0.4) is 0 Å². The summed E-state index contributed by atoms with van der Waals surface area (Å²) < 4.78 is 41.5. The van der Waals surface area contributed by atoms with E-state index in [-0.39, 0.29) is 23.8 Å². The molecule has 27 heavy (non-hydrogen) atoms. The smallest absolute Gasteiger partial charge is 0.240 e. The highest BCUT2D eigenvalue weighted by molar-refractivity contribution is 7.89. The van der Waals surface area contributed by atoms with Crippen molar-refractivity contribution >= 4 is 32.4 Å². The summed E-state index contributed by atoms with van der Waals surface area (Å²) in [4.78, 5) is 13.8. The summed E-state index contributed by atoms with van der Waals surface area (Å²) in [7, 11) is -3.78. The van der Waals surface area contributed by atoms with E-state index in [0.717, 1.165) is 10.8 Å². The number of nitrogens with one attached hydrogen (secondary N) is 1. The van der Waals surface area contributed by atoms with Crippen LogP contribution in [0.4, 0.5) is 10.1 Å². The molecule has 3 aromatic carbocycles. The van der Waals surface area contributed by atoms with Gasteiger partial charge in [0.05, 0.1) is 4.90 Å². The zero-order chi connectivity index (χ0) is 19.0. The SMILES string of the molecule is O=C1C[C@@H](NS(=O)(=O)c2ccc3ccccc3c2)CN1c1cccc(F)c1. The van der Waals surface area contributed by atoms with Gasteiger partial charge >= 0.3 is 0 Å². The highest BCUT2D eigenvalue weighted by atomic mass is 32.2. The Morgan fingerprint density at radius 2 is 1.74 bits per heavy atom. The van der Waals surface area contributed by atoms with Crippen molar-refractivity contribution < 1.29 is 17.6 Å². The van der Waals surface area contributed by atoms with E-state index in [4.69, 9.17) is 0 Å². The molecule has 0 radical (unpaired) electrons. The highest BCUT2D eigenvalue weighted by Crippen LogP contribution is 2.24. The molecular weight excluding hydrogens is 367 g/mol. The molecule has 0 bridgehead atoms. The lowest BCUT2D eigenvalue weighted by molar-refractivity contribution is -0.117. The second-order valence-corrected chi connectivity index (χ2v) is 8.23. The molecule has 138 valence electrons. The van der Waals surface area contributed by atoms with E-state index in [1.54, 1.807) is 24.3 Å². The lowest BCUT2D eigenvalue weighted by Gasteiger charge is -2.17. The number of carbonyl (C=O) groups excluding carboxylic acids is 1. The second kappa shape index (κ2) is 6.75. The Morgan fingerprint density at radius 3 is 2.52 bits per heavy atom. The van der Waals surface area contributed by atoms with E-state index in [0.29, 0.717) is 5.69 Å². The molecule has 1 aliphatic heterocycles. The summed E-state index contributed by atoms with van der Waals surface area (Å²) in [5, 5.41) is 1.77. The third-order valence-corrected chi connectivity index (χ3v) is 6.12. The molecule has 0 saturated carbocycles. The number of rotatable bonds is 4. The van der Waals surface area contributed by atoms with Crippen molar-refractivity contribution in [3.05, 3.63) is 72.5 Å². The minimum absolute atomic E-state index is 0.0311. The Kier molecular flexibility index (Phi) is 4.41. The number of halogens is 1. The van der Waals surface area contributed by atoms with Crippen molar-refractivity contribution in [2.45, 2.75) is 17.4 Å². The van der Waals surface area contributed by atoms with Gasteiger partial charge in [0, 0.05) is 24.7 Å². The molecule has 1 N–H and O–H groups in total. The van der Waals surface area contributed by atoms with E-state index in [2.05, 4.69) is 4.72 Å². The maximum absolute atomic E-state index is 13.4. The van der Waals surface area contributed by atoms with Gasteiger partial charge in [0.15, 0.2) is 0 Å². The van der Waals surface area contributed by atoms with Crippen LogP contribution in [0.1, 0.15) is 6.42 Å². The summed E-state index contributed by atoms with van der Waals surface area (Å²) in [6.45, 7) is 0.162. The summed E-state index contributed by atoms with van der Waals surface area (Å²) in [5.74, 6) is -0.688. The van der Waals surface area contributed by atoms with Gasteiger partial charge in [-0.05, 0) is 41.1 Å². The van der Waals surface area contributed by atoms with Crippen molar-refractivity contribution in [2.75, 3.05) is 11.4 Å². The third kappa shape index (κ3) is 3.56. The number of amides is 1. The van der Waals surface area contributed by atoms with Crippen LogP contribution in [0.2, 0.25) is 0 Å². The van der Waals surface area contributed by atoms with E-state index >= 15 is 0 Å². The van der Waals surface area contributed by atoms with Crippen molar-refractivity contribution in [1.29, 1.82) is 0 Å². The normalized spacial score (nSPS) is 17.6. The molecule has 5 nitrogen and oxygen atoms in total. The van der Waals surface area contributed by atoms with Gasteiger partial charge in [-0.15, -0.1) is 0 Å². The molecule has 7 heteroatoms. The predicted octanol–water partition coefficient (Wildman–Crippen LogP) is 3.06. The van der Waals surface area contributed by atoms with Crippen LogP contribution in [0.25, 0.3) is 10.8 Å². The van der Waals surface area contributed by atoms with Gasteiger partial charge in [-0.3, -0.25) is 4.79 Å². The molecular formula is C20H17FN2O3S. The molecule has 1 amide bonds. The Bertz CT molecular complexity index is 1130. The topological polar surface area (TPSA) is 66.5 Å². The fraction of sp³-hybridized carbons (Fsp3) is 0.150. The third-order valence-electron chi connectivity index (χ3n) is 4.60. The lowest BCUT2D eigenvalue weighted by atomic mass is 10.1. The predicted molar refractivity (Wildman–Crippen MR) is 101 cm³/mol. The molecule has 3 aromatic rings. The molecule has 1 heterocycles. The van der Waals surface area contributed by atoms with Crippen LogP contribution in [-0.2, 0) is 14.8 Å². The van der Waals surface area contributed by atoms with Gasteiger partial charge in [0.25, 0.3) is 0 Å². The van der Waals surface area contributed by atoms with Gasteiger partial charge < -0.3 is 4.90 Å². The molecule has 4 rings (SSSR count). The maximum Gasteiger partial charge on any atom is 0.240 e. The first-order valence-corrected chi connectivity index (χ1v) is 9.98. The molecule has 0 aromatic heterocycles. The fourth-order valence-corrected chi connectivity index (χ4v) is 4.56. The fourth-order valence-electron chi connectivity index (χ4n) is 3.30. The number of fused-ring (bicyclic) bond motifs is 1. The Morgan fingerprint density at radius 1 is 0.963 bits per heavy atom. The van der Waals surface area contributed by atoms with E-state index in [1.165, 1.54) is 23.1 Å². The standard InChI is InChI=1S/C20H17FN2O3S/c21-16-6-3-7-18(11-16)23-13-17(12-20(23)24)22-27(25,26)19-9-8-14-4-1-2-5-15(14)10-19/h1-11,17,22H,12-13H2/t17-/m1/s1. The van der Waals surface area contributed by atoms with E-state index < -0.39 is 21.9 Å². The first-order chi connectivity index (χ1) is 12.9. The Hall–Kier alpha value is -2.77. The number of hydrogen-bond donors (Lipinski definition) is 1. The van der Waals surface area contributed by atoms with Crippen LogP contribution in [0, 0.1) is 5.82 Å². The number of anilines is 1. The van der Waals surface area contributed by atoms with E-state index in [1.807, 2.05) is 24.3 Å². The largest absolute Gasteiger partial charge is 0.311 e. The molecule has 0 unspecified atom stereocenters. The highest BCUT2D eigenvalue weighted by Gasteiger charge is 2.33. The van der Waals surface area contributed by atoms with Crippen molar-refractivity contribution in [3.8, 4) is 0 Å². The average molecular weight is 384 g/mol. The second-order valence-electron chi connectivity index (χ2n) is 6.52. The monoisotopic (exact) mass is 384 g/mol. The van der Waals surface area contributed by atoms with Crippen LogP contribution < -0.4 is 9.62 Å². The molecule has 1 saturated heterocycles. The number of carbonyl (C=O) groups is 1. The summed E-state index contributed by atoms with van der Waals surface area (Å²) in [6, 6.07) is 17.5. The Balaban J connectivity index is 1.55. The maximum atomic E-state index is 13.4. The summed E-state index contributed by atoms with van der Waals surface area (Å²) >= 11 is 0. The van der Waals surface area contributed by atoms with Gasteiger partial charge in [-0.1, -0.05) is 36.4 Å². The van der Waals surface area contributed by atoms with Crippen LogP contribution in [-0.4, -0.2) is 26.9 Å². The molecule has 0 aliphatic carbocycles. The number of sulfonamides is 1. The van der Waals surface area contributed by atoms with Gasteiger partial charge in [-0.25, -0.2) is 17.5 Å². The van der Waals surface area contributed by atoms with Gasteiger partial charge in [0.1, 0.15) is 5.82 Å². The van der Waals surface area contributed by atoms with E-state index in [9.17, 15) is 17.6 Å². The minimum atomic E-state index is -3.78. The molecule has 1 fully saturated rings. The van der Waals surface area contributed by atoms with Crippen molar-refractivity contribution in [1.82, 2.24) is 4.72 Å². The summed E-state index contributed by atoms with van der Waals surface area (Å²) in [5.41, 5.74) is 0.424. The van der Waals surface area contributed by atoms with Crippen LogP contribution in [0.5, 0.6) is 0 Å². The minimum Gasteiger partial charge on any atom is -0.311 e. The first-order valence-electron chi connectivity index (χ1n) is 8.49. The quantitative estimate of drug-likeness (QED) is 0.752. The number of nitrogens with zero attached hydrogens (tertiary/aromatic N) is 1. The molecule has 1 atom stereocenters. The molecule has 0 spiro atoms. The Labute approximate surface area is 156 Å². The van der Waals surface area contributed by atoms with Gasteiger partial charge in [-0.2, -0.15) is 0 Å². The van der Waals surface area contributed by atoms with Crippen LogP contribution >= 0.6 is 0 Å². The van der Waals surface area contributed by atoms with Crippen LogP contribution in [0.15, 0.2) is 71.6 Å². The van der Waals surface area contributed by atoms with Crippen molar-refractivity contribution in [3.63, 3.8) is 0 Å². The average Bonchev–Trinajstić information content (AvgIpc) is 3.00. The molecule has 1 aliphatic rings. The number of benzene rings is 3. The van der Waals surface area contributed by atoms with Gasteiger partial charge in [0.2, 0.25) is 15.9 Å². The van der Waals surface area contributed by atoms with Crippen molar-refractivity contribution in [2.24, 2.45) is 0 Å². The lowest BCUT2D eigenvalue weighted by Crippen LogP contribution is -2.37. The summed E-state index contributed by atoms with van der Waals surface area (Å²) in [6.07, 6.45) is 0.0311. The zero-order valence-electron chi connectivity index (χ0n) is 14.3. The first kappa shape index (κ1) is 17.6. The number of hydrogen-bond acceptors (Lipinski definition) is 3.